The SMILES string of the molecule is CNc1nc(-c2cccnc2)nc2ccc(-c3cc(OCCOC)ccc3F)cc12.Cl.Cl. The molecule has 0 amide bonds. The molecule has 6 nitrogen and oxygen atoms in total. The number of fused-ring (bicyclic) bond motifs is 1. The Balaban J connectivity index is 0.00000181. The second-order valence-corrected chi connectivity index (χ2v) is 6.60. The van der Waals surface area contributed by atoms with Crippen LogP contribution in [0.2, 0.25) is 0 Å². The van der Waals surface area contributed by atoms with Gasteiger partial charge in [0.1, 0.15) is 24.0 Å². The van der Waals surface area contributed by atoms with Crippen LogP contribution in [0.1, 0.15) is 0 Å². The minimum atomic E-state index is -0.327. The number of nitrogens with zero attached hydrogens (tertiary/aromatic N) is 3. The third-order valence-corrected chi connectivity index (χ3v) is 4.66. The fourth-order valence-electron chi connectivity index (χ4n) is 3.17. The summed E-state index contributed by atoms with van der Waals surface area (Å²) in [5.74, 6) is 1.49. The van der Waals surface area contributed by atoms with Gasteiger partial charge in [-0.2, -0.15) is 0 Å². The third kappa shape index (κ3) is 5.43. The molecule has 2 heterocycles. The molecule has 9 heteroatoms. The van der Waals surface area contributed by atoms with Gasteiger partial charge in [-0.25, -0.2) is 14.4 Å². The second-order valence-electron chi connectivity index (χ2n) is 6.60. The Morgan fingerprint density at radius 1 is 0.969 bits per heavy atom. The van der Waals surface area contributed by atoms with Crippen LogP contribution < -0.4 is 10.1 Å². The van der Waals surface area contributed by atoms with Crippen molar-refractivity contribution < 1.29 is 13.9 Å². The maximum atomic E-state index is 14.6. The molecule has 0 fully saturated rings. The number of nitrogens with one attached hydrogen (secondary N) is 1. The minimum Gasteiger partial charge on any atom is -0.491 e. The van der Waals surface area contributed by atoms with E-state index in [-0.39, 0.29) is 30.6 Å². The van der Waals surface area contributed by atoms with Gasteiger partial charge in [0.15, 0.2) is 5.82 Å². The highest BCUT2D eigenvalue weighted by atomic mass is 35.5. The summed E-state index contributed by atoms with van der Waals surface area (Å²) in [5.41, 5.74) is 2.74. The van der Waals surface area contributed by atoms with Crippen LogP contribution >= 0.6 is 24.8 Å². The average Bonchev–Trinajstić information content (AvgIpc) is 2.80. The maximum absolute atomic E-state index is 14.6. The molecule has 0 aliphatic rings. The van der Waals surface area contributed by atoms with E-state index in [1.54, 1.807) is 38.7 Å². The number of benzene rings is 2. The number of aromatic nitrogens is 3. The van der Waals surface area contributed by atoms with Crippen LogP contribution in [0.3, 0.4) is 0 Å². The van der Waals surface area contributed by atoms with Crippen molar-refractivity contribution in [3.8, 4) is 28.3 Å². The first-order valence-corrected chi connectivity index (χ1v) is 9.51. The molecule has 4 aromatic rings. The predicted octanol–water partition coefficient (Wildman–Crippen LogP) is 5.41. The highest BCUT2D eigenvalue weighted by molar-refractivity contribution is 5.94. The van der Waals surface area contributed by atoms with Crippen molar-refractivity contribution in [1.82, 2.24) is 15.0 Å². The van der Waals surface area contributed by atoms with Crippen molar-refractivity contribution in [1.29, 1.82) is 0 Å². The Morgan fingerprint density at radius 2 is 1.81 bits per heavy atom. The number of methoxy groups -OCH3 is 1. The van der Waals surface area contributed by atoms with E-state index in [9.17, 15) is 4.39 Å². The maximum Gasteiger partial charge on any atom is 0.163 e. The zero-order valence-corrected chi connectivity index (χ0v) is 19.2. The molecule has 0 aliphatic heterocycles. The fraction of sp³-hybridized carbons (Fsp3) is 0.174. The predicted molar refractivity (Wildman–Crippen MR) is 130 cm³/mol. The molecule has 0 saturated carbocycles. The standard InChI is InChI=1S/C23H21FN4O2.2ClH/c1-25-23-19-12-15(18-13-17(6-7-20(18)24)30-11-10-29-2)5-8-21(19)27-22(28-23)16-4-3-9-26-14-16;;/h3-9,12-14H,10-11H2,1-2H3,(H,25,27,28);2*1H. The van der Waals surface area contributed by atoms with Crippen LogP contribution in [0.5, 0.6) is 5.75 Å². The minimum absolute atomic E-state index is 0. The third-order valence-electron chi connectivity index (χ3n) is 4.66. The van der Waals surface area contributed by atoms with Gasteiger partial charge in [-0.15, -0.1) is 24.8 Å². The summed E-state index contributed by atoms with van der Waals surface area (Å²) in [7, 11) is 3.40. The second kappa shape index (κ2) is 11.6. The molecule has 4 rings (SSSR count). The molecule has 0 radical (unpaired) electrons. The van der Waals surface area contributed by atoms with Crippen molar-refractivity contribution in [3.05, 3.63) is 66.7 Å². The summed E-state index contributed by atoms with van der Waals surface area (Å²) in [6.07, 6.45) is 3.43. The molecule has 32 heavy (non-hydrogen) atoms. The average molecular weight is 477 g/mol. The Hall–Kier alpha value is -3.00. The van der Waals surface area contributed by atoms with E-state index in [1.165, 1.54) is 6.07 Å². The van der Waals surface area contributed by atoms with Crippen LogP contribution in [0.4, 0.5) is 10.2 Å². The summed E-state index contributed by atoms with van der Waals surface area (Å²) in [4.78, 5) is 13.4. The normalized spacial score (nSPS) is 10.2. The quantitative estimate of drug-likeness (QED) is 0.359. The van der Waals surface area contributed by atoms with Crippen molar-refractivity contribution >= 4 is 41.5 Å². The number of pyridine rings is 1. The van der Waals surface area contributed by atoms with E-state index in [2.05, 4.69) is 20.3 Å². The highest BCUT2D eigenvalue weighted by Gasteiger charge is 2.13. The van der Waals surface area contributed by atoms with Gasteiger partial charge < -0.3 is 14.8 Å². The number of rotatable bonds is 7. The lowest BCUT2D eigenvalue weighted by molar-refractivity contribution is 0.146. The summed E-state index contributed by atoms with van der Waals surface area (Å²) in [5, 5.41) is 3.91. The number of anilines is 1. The number of hydrogen-bond donors (Lipinski definition) is 1. The molecule has 2 aromatic carbocycles. The summed E-state index contributed by atoms with van der Waals surface area (Å²) < 4.78 is 25.2. The molecule has 0 unspecified atom stereocenters. The van der Waals surface area contributed by atoms with E-state index in [0.29, 0.717) is 41.7 Å². The lowest BCUT2D eigenvalue weighted by atomic mass is 10.0. The topological polar surface area (TPSA) is 69.2 Å². The first-order valence-electron chi connectivity index (χ1n) is 9.51. The highest BCUT2D eigenvalue weighted by Crippen LogP contribution is 2.32. The van der Waals surface area contributed by atoms with E-state index in [0.717, 1.165) is 16.5 Å². The molecule has 2 aromatic heterocycles. The summed E-state index contributed by atoms with van der Waals surface area (Å²) in [6, 6.07) is 14.0. The molecule has 0 spiro atoms. The van der Waals surface area contributed by atoms with Gasteiger partial charge in [0.25, 0.3) is 0 Å². The lowest BCUT2D eigenvalue weighted by Crippen LogP contribution is -2.04. The van der Waals surface area contributed by atoms with Crippen molar-refractivity contribution in [2.45, 2.75) is 0 Å². The van der Waals surface area contributed by atoms with E-state index in [4.69, 9.17) is 9.47 Å². The van der Waals surface area contributed by atoms with Gasteiger partial charge in [-0.1, -0.05) is 6.07 Å². The monoisotopic (exact) mass is 476 g/mol. The van der Waals surface area contributed by atoms with Crippen LogP contribution in [0.25, 0.3) is 33.4 Å². The Bertz CT molecular complexity index is 1180. The largest absolute Gasteiger partial charge is 0.491 e. The Kier molecular flexibility index (Phi) is 9.13. The molecule has 1 N–H and O–H groups in total. The lowest BCUT2D eigenvalue weighted by Gasteiger charge is -2.12. The summed E-state index contributed by atoms with van der Waals surface area (Å²) in [6.45, 7) is 0.860. The number of hydrogen-bond acceptors (Lipinski definition) is 6. The molecular formula is C23H23Cl2FN4O2. The molecular weight excluding hydrogens is 454 g/mol. The van der Waals surface area contributed by atoms with Crippen LogP contribution in [-0.4, -0.2) is 42.3 Å². The van der Waals surface area contributed by atoms with Crippen LogP contribution in [-0.2, 0) is 4.74 Å². The fourth-order valence-corrected chi connectivity index (χ4v) is 3.17. The Morgan fingerprint density at radius 3 is 2.53 bits per heavy atom. The smallest absolute Gasteiger partial charge is 0.163 e. The molecule has 0 aliphatic carbocycles. The zero-order valence-electron chi connectivity index (χ0n) is 17.5. The van der Waals surface area contributed by atoms with Crippen molar-refractivity contribution in [3.63, 3.8) is 0 Å². The van der Waals surface area contributed by atoms with Crippen molar-refractivity contribution in [2.24, 2.45) is 0 Å². The van der Waals surface area contributed by atoms with Crippen molar-refractivity contribution in [2.75, 3.05) is 32.7 Å². The Labute approximate surface area is 198 Å². The van der Waals surface area contributed by atoms with E-state index in [1.807, 2.05) is 30.3 Å². The molecule has 0 saturated heterocycles. The van der Waals surface area contributed by atoms with E-state index < -0.39 is 0 Å². The van der Waals surface area contributed by atoms with Crippen LogP contribution in [0.15, 0.2) is 60.9 Å². The zero-order chi connectivity index (χ0) is 20.9. The van der Waals surface area contributed by atoms with Gasteiger partial charge in [0, 0.05) is 43.1 Å². The molecule has 0 atom stereocenters. The number of ether oxygens (including phenoxy) is 2. The molecule has 168 valence electrons. The van der Waals surface area contributed by atoms with Gasteiger partial charge in [-0.3, -0.25) is 4.98 Å². The molecule has 0 bridgehead atoms. The van der Waals surface area contributed by atoms with Gasteiger partial charge in [-0.05, 0) is 48.0 Å². The first-order chi connectivity index (χ1) is 14.7. The van der Waals surface area contributed by atoms with Gasteiger partial charge in [0.05, 0.1) is 12.1 Å². The summed E-state index contributed by atoms with van der Waals surface area (Å²) >= 11 is 0. The first kappa shape index (κ1) is 25.3. The van der Waals surface area contributed by atoms with E-state index >= 15 is 0 Å². The van der Waals surface area contributed by atoms with Crippen LogP contribution in [0, 0.1) is 5.82 Å². The van der Waals surface area contributed by atoms with Gasteiger partial charge in [0.2, 0.25) is 0 Å². The number of halogens is 3. The van der Waals surface area contributed by atoms with Gasteiger partial charge >= 0.3 is 0 Å².